The Morgan fingerprint density at radius 1 is 1.06 bits per heavy atom. The number of nitrogens with one attached hydrogen (secondary N) is 3. The van der Waals surface area contributed by atoms with E-state index in [9.17, 15) is 14.7 Å². The summed E-state index contributed by atoms with van der Waals surface area (Å²) in [6, 6.07) is 17.8. The number of hydrogen-bond donors (Lipinski definition) is 5. The quantitative estimate of drug-likeness (QED) is 0.302. The fraction of sp³-hybridized carbons (Fsp3) is 0.192. The van der Waals surface area contributed by atoms with Crippen molar-refractivity contribution in [3.8, 4) is 0 Å². The number of ether oxygens (including phenoxy) is 1. The van der Waals surface area contributed by atoms with Gasteiger partial charge in [0.1, 0.15) is 5.82 Å². The topological polar surface area (TPSA) is 142 Å². The van der Waals surface area contributed by atoms with Crippen LogP contribution in [0, 0.1) is 0 Å². The fourth-order valence-corrected chi connectivity index (χ4v) is 3.79. The summed E-state index contributed by atoms with van der Waals surface area (Å²) in [6.45, 7) is 2.14. The molecule has 1 aromatic heterocycles. The molecule has 1 aliphatic heterocycles. The highest BCUT2D eigenvalue weighted by Crippen LogP contribution is 2.27. The van der Waals surface area contributed by atoms with Crippen LogP contribution in [0.15, 0.2) is 79.2 Å². The second-order valence-corrected chi connectivity index (χ2v) is 8.09. The third-order valence-corrected chi connectivity index (χ3v) is 5.60. The number of amides is 3. The number of aliphatic hydroxyl groups is 1. The Morgan fingerprint density at radius 2 is 1.81 bits per heavy atom. The monoisotopic (exact) mass is 488 g/mol. The van der Waals surface area contributed by atoms with Crippen molar-refractivity contribution in [1.82, 2.24) is 9.88 Å². The number of primary amides is 1. The van der Waals surface area contributed by atoms with Crippen molar-refractivity contribution in [3.63, 3.8) is 0 Å². The van der Waals surface area contributed by atoms with Crippen molar-refractivity contribution in [2.24, 2.45) is 5.73 Å². The Bertz CT molecular complexity index is 1230. The molecule has 4 rings (SSSR count). The number of nitrogens with zero attached hydrogens (tertiary/aromatic N) is 2. The molecule has 0 bridgehead atoms. The number of benzene rings is 2. The van der Waals surface area contributed by atoms with E-state index in [1.807, 2.05) is 42.5 Å². The van der Waals surface area contributed by atoms with E-state index in [1.165, 1.54) is 6.20 Å². The predicted molar refractivity (Wildman–Crippen MR) is 138 cm³/mol. The lowest BCUT2D eigenvalue weighted by Gasteiger charge is -2.27. The summed E-state index contributed by atoms with van der Waals surface area (Å²) in [5.74, 6) is -0.178. The van der Waals surface area contributed by atoms with Crippen molar-refractivity contribution in [2.75, 3.05) is 42.3 Å². The zero-order valence-corrected chi connectivity index (χ0v) is 19.6. The van der Waals surface area contributed by atoms with Gasteiger partial charge in [-0.25, -0.2) is 9.78 Å². The van der Waals surface area contributed by atoms with Crippen molar-refractivity contribution >= 4 is 34.8 Å². The molecule has 3 amide bonds. The number of pyridine rings is 1. The normalized spacial score (nSPS) is 14.3. The van der Waals surface area contributed by atoms with Gasteiger partial charge in [0.15, 0.2) is 0 Å². The summed E-state index contributed by atoms with van der Waals surface area (Å²) >= 11 is 0. The van der Waals surface area contributed by atoms with Crippen LogP contribution in [-0.2, 0) is 4.74 Å². The van der Waals surface area contributed by atoms with Crippen LogP contribution in [0.1, 0.15) is 22.0 Å². The van der Waals surface area contributed by atoms with Gasteiger partial charge < -0.3 is 36.4 Å². The fourth-order valence-electron chi connectivity index (χ4n) is 3.79. The molecular formula is C26H28N6O4. The smallest absolute Gasteiger partial charge is 0.322 e. The number of aromatic nitrogens is 1. The molecule has 1 saturated heterocycles. The summed E-state index contributed by atoms with van der Waals surface area (Å²) < 4.78 is 5.29. The summed E-state index contributed by atoms with van der Waals surface area (Å²) in [7, 11) is 0. The van der Waals surface area contributed by atoms with E-state index in [-0.39, 0.29) is 11.6 Å². The van der Waals surface area contributed by atoms with Crippen molar-refractivity contribution in [3.05, 3.63) is 90.3 Å². The molecule has 1 atom stereocenters. The third kappa shape index (κ3) is 6.30. The Hall–Kier alpha value is -4.57. The van der Waals surface area contributed by atoms with E-state index in [0.717, 1.165) is 11.8 Å². The molecule has 1 fully saturated rings. The average Bonchev–Trinajstić information content (AvgIpc) is 2.89. The number of carbonyl (C=O) groups excluding carboxylic acids is 2. The van der Waals surface area contributed by atoms with Gasteiger partial charge in [-0.1, -0.05) is 36.4 Å². The highest BCUT2D eigenvalue weighted by Gasteiger charge is 2.17. The maximum Gasteiger partial charge on any atom is 0.322 e. The molecule has 186 valence electrons. The van der Waals surface area contributed by atoms with Crippen LogP contribution in [0.25, 0.3) is 0 Å². The number of nitrogens with two attached hydrogens (primary N) is 1. The van der Waals surface area contributed by atoms with Crippen LogP contribution in [0.5, 0.6) is 0 Å². The lowest BCUT2D eigenvalue weighted by molar-refractivity contribution is 0.0564. The molecule has 1 aliphatic rings. The first-order valence-electron chi connectivity index (χ1n) is 11.5. The molecule has 10 nitrogen and oxygen atoms in total. The number of rotatable bonds is 8. The highest BCUT2D eigenvalue weighted by atomic mass is 16.5. The number of anilines is 4. The molecular weight excluding hydrogens is 460 g/mol. The summed E-state index contributed by atoms with van der Waals surface area (Å²) in [5.41, 5.74) is 8.43. The van der Waals surface area contributed by atoms with E-state index < -0.39 is 11.9 Å². The molecule has 0 aliphatic carbocycles. The van der Waals surface area contributed by atoms with Gasteiger partial charge in [0.25, 0.3) is 5.91 Å². The number of hydrogen-bond acceptors (Lipinski definition) is 7. The van der Waals surface area contributed by atoms with E-state index in [0.29, 0.717) is 49.2 Å². The first-order valence-corrected chi connectivity index (χ1v) is 11.5. The van der Waals surface area contributed by atoms with Gasteiger partial charge in [0.05, 0.1) is 36.8 Å². The van der Waals surface area contributed by atoms with E-state index in [2.05, 4.69) is 20.9 Å². The predicted octanol–water partition coefficient (Wildman–Crippen LogP) is 4.01. The molecule has 36 heavy (non-hydrogen) atoms. The summed E-state index contributed by atoms with van der Waals surface area (Å²) in [4.78, 5) is 30.6. The largest absolute Gasteiger partial charge is 0.516 e. The molecule has 10 heteroatoms. The first kappa shape index (κ1) is 24.6. The van der Waals surface area contributed by atoms with E-state index >= 15 is 0 Å². The molecule has 0 radical (unpaired) electrons. The molecule has 0 spiro atoms. The number of morpholine rings is 1. The van der Waals surface area contributed by atoms with Crippen LogP contribution in [0.2, 0.25) is 0 Å². The third-order valence-electron chi connectivity index (χ3n) is 5.60. The van der Waals surface area contributed by atoms with E-state index in [4.69, 9.17) is 10.5 Å². The number of aliphatic hydroxyl groups excluding tert-OH is 1. The first-order chi connectivity index (χ1) is 17.5. The van der Waals surface area contributed by atoms with Gasteiger partial charge in [-0.2, -0.15) is 0 Å². The molecule has 2 heterocycles. The van der Waals surface area contributed by atoms with Crippen LogP contribution in [0.3, 0.4) is 0 Å². The standard InChI is InChI=1S/C26H28N6O4/c27-25(34)21-17-28-24(16-23(21)31-22(9-12-33)18-5-2-1-3-6-18)29-19-7-4-8-20(15-19)30-26(35)32-10-13-36-14-11-32/h1-9,12,15-17,22,33H,10-11,13-14H2,(H2,27,34)(H,30,35)(H2,28,29,31)/b12-9+. The number of carbonyl (C=O) groups is 2. The minimum absolute atomic E-state index is 0.185. The van der Waals surface area contributed by atoms with E-state index in [1.54, 1.807) is 29.2 Å². The molecule has 0 saturated carbocycles. The van der Waals surface area contributed by atoms with Crippen LogP contribution >= 0.6 is 0 Å². The Balaban J connectivity index is 1.53. The maximum atomic E-state index is 12.5. The second kappa shape index (κ2) is 11.7. The van der Waals surface area contributed by atoms with Crippen LogP contribution in [-0.4, -0.2) is 53.2 Å². The minimum Gasteiger partial charge on any atom is -0.516 e. The van der Waals surface area contributed by atoms with Gasteiger partial charge >= 0.3 is 6.03 Å². The maximum absolute atomic E-state index is 12.5. The Labute approximate surface area is 208 Å². The average molecular weight is 489 g/mol. The van der Waals surface area contributed by atoms with Gasteiger partial charge in [-0.05, 0) is 29.8 Å². The van der Waals surface area contributed by atoms with Crippen molar-refractivity contribution < 1.29 is 19.4 Å². The highest BCUT2D eigenvalue weighted by molar-refractivity contribution is 5.98. The zero-order chi connectivity index (χ0) is 25.3. The molecule has 3 aromatic rings. The summed E-state index contributed by atoms with van der Waals surface area (Å²) in [6.07, 6.45) is 3.90. The lowest BCUT2D eigenvalue weighted by Crippen LogP contribution is -2.43. The van der Waals surface area contributed by atoms with Gasteiger partial charge in [0.2, 0.25) is 0 Å². The molecule has 6 N–H and O–H groups in total. The van der Waals surface area contributed by atoms with Gasteiger partial charge in [0, 0.05) is 36.7 Å². The lowest BCUT2D eigenvalue weighted by atomic mass is 10.1. The molecule has 1 unspecified atom stereocenters. The SMILES string of the molecule is NC(=O)c1cnc(Nc2cccc(NC(=O)N3CCOCC3)c2)cc1NC(/C=C/O)c1ccccc1. The van der Waals surface area contributed by atoms with Crippen molar-refractivity contribution in [1.29, 1.82) is 0 Å². The number of urea groups is 1. The van der Waals surface area contributed by atoms with Gasteiger partial charge in [-0.3, -0.25) is 4.79 Å². The molecule has 2 aromatic carbocycles. The van der Waals surface area contributed by atoms with Gasteiger partial charge in [-0.15, -0.1) is 0 Å². The minimum atomic E-state index is -0.635. The Morgan fingerprint density at radius 3 is 2.53 bits per heavy atom. The van der Waals surface area contributed by atoms with Crippen molar-refractivity contribution in [2.45, 2.75) is 6.04 Å². The van der Waals surface area contributed by atoms with Crippen LogP contribution in [0.4, 0.5) is 27.7 Å². The summed E-state index contributed by atoms with van der Waals surface area (Å²) in [5, 5.41) is 18.7. The Kier molecular flexibility index (Phi) is 7.99. The van der Waals surface area contributed by atoms with Crippen LogP contribution < -0.4 is 21.7 Å². The second-order valence-electron chi connectivity index (χ2n) is 8.09. The zero-order valence-electron chi connectivity index (χ0n) is 19.6.